The maximum atomic E-state index is 12.6. The fourth-order valence-corrected chi connectivity index (χ4v) is 4.71. The average Bonchev–Trinajstić information content (AvgIpc) is 2.85. The Morgan fingerprint density at radius 3 is 2.53 bits per heavy atom. The van der Waals surface area contributed by atoms with Gasteiger partial charge in [-0.25, -0.2) is 4.79 Å². The molecule has 0 atom stereocenters. The zero-order chi connectivity index (χ0) is 22.4. The lowest BCUT2D eigenvalue weighted by molar-refractivity contribution is 0.149. The van der Waals surface area contributed by atoms with Gasteiger partial charge in [-0.15, -0.1) is 0 Å². The third-order valence-corrected chi connectivity index (χ3v) is 6.76. The number of nitriles is 1. The lowest BCUT2D eigenvalue weighted by Gasteiger charge is -2.43. The molecule has 0 unspecified atom stereocenters. The van der Waals surface area contributed by atoms with E-state index < -0.39 is 0 Å². The molecule has 1 fully saturated rings. The third kappa shape index (κ3) is 5.09. The minimum absolute atomic E-state index is 0.0168. The molecule has 5 heteroatoms. The fourth-order valence-electron chi connectivity index (χ4n) is 4.71. The van der Waals surface area contributed by atoms with Crippen LogP contribution in [0.2, 0.25) is 0 Å². The predicted molar refractivity (Wildman–Crippen MR) is 129 cm³/mol. The van der Waals surface area contributed by atoms with E-state index in [1.54, 1.807) is 0 Å². The molecule has 2 aromatic rings. The van der Waals surface area contributed by atoms with Crippen molar-refractivity contribution in [3.05, 3.63) is 83.4 Å². The Morgan fingerprint density at radius 2 is 1.84 bits per heavy atom. The summed E-state index contributed by atoms with van der Waals surface area (Å²) in [4.78, 5) is 14.9. The van der Waals surface area contributed by atoms with E-state index in [0.29, 0.717) is 12.1 Å². The van der Waals surface area contributed by atoms with E-state index in [9.17, 15) is 10.1 Å². The van der Waals surface area contributed by atoms with Gasteiger partial charge in [0.2, 0.25) is 0 Å². The Morgan fingerprint density at radius 1 is 1.06 bits per heavy atom. The monoisotopic (exact) mass is 426 g/mol. The van der Waals surface area contributed by atoms with Gasteiger partial charge in [0.05, 0.1) is 11.6 Å². The van der Waals surface area contributed by atoms with Crippen molar-refractivity contribution in [1.29, 1.82) is 5.26 Å². The van der Waals surface area contributed by atoms with E-state index in [4.69, 9.17) is 0 Å². The number of piperidine rings is 1. The van der Waals surface area contributed by atoms with Gasteiger partial charge in [-0.3, -0.25) is 0 Å². The zero-order valence-electron chi connectivity index (χ0n) is 18.6. The number of urea groups is 1. The first-order valence-electron chi connectivity index (χ1n) is 11.3. The van der Waals surface area contributed by atoms with E-state index in [-0.39, 0.29) is 11.4 Å². The van der Waals surface area contributed by atoms with Crippen LogP contribution in [0.3, 0.4) is 0 Å². The molecule has 5 nitrogen and oxygen atoms in total. The molecule has 1 aliphatic heterocycles. The summed E-state index contributed by atoms with van der Waals surface area (Å²) in [6, 6.07) is 19.4. The maximum absolute atomic E-state index is 12.6. The van der Waals surface area contributed by atoms with E-state index in [0.717, 1.165) is 50.0 Å². The van der Waals surface area contributed by atoms with Crippen LogP contribution in [0.4, 0.5) is 10.5 Å². The van der Waals surface area contributed by atoms with Crippen molar-refractivity contribution < 1.29 is 4.79 Å². The molecule has 164 valence electrons. The van der Waals surface area contributed by atoms with E-state index in [1.807, 2.05) is 48.5 Å². The highest BCUT2D eigenvalue weighted by Crippen LogP contribution is 2.43. The predicted octanol–water partition coefficient (Wildman–Crippen LogP) is 5.20. The summed E-state index contributed by atoms with van der Waals surface area (Å²) in [6.45, 7) is 2.69. The van der Waals surface area contributed by atoms with Crippen molar-refractivity contribution in [2.45, 2.75) is 25.7 Å². The number of para-hydroxylation sites is 1. The molecule has 1 heterocycles. The molecule has 0 saturated carbocycles. The lowest BCUT2D eigenvalue weighted by atomic mass is 9.69. The van der Waals surface area contributed by atoms with E-state index >= 15 is 0 Å². The van der Waals surface area contributed by atoms with Gasteiger partial charge in [-0.05, 0) is 81.2 Å². The number of amides is 2. The molecule has 4 rings (SSSR count). The van der Waals surface area contributed by atoms with Gasteiger partial charge in [0, 0.05) is 17.6 Å². The van der Waals surface area contributed by atoms with Crippen molar-refractivity contribution in [2.24, 2.45) is 5.41 Å². The molecular formula is C27H30N4O. The van der Waals surface area contributed by atoms with Crippen molar-refractivity contribution >= 4 is 17.3 Å². The van der Waals surface area contributed by atoms with Crippen LogP contribution in [0.15, 0.2) is 72.3 Å². The molecule has 1 saturated heterocycles. The number of carbonyl (C=O) groups is 1. The average molecular weight is 427 g/mol. The molecule has 0 spiro atoms. The summed E-state index contributed by atoms with van der Waals surface area (Å²) < 4.78 is 0. The summed E-state index contributed by atoms with van der Waals surface area (Å²) in [6.07, 6.45) is 8.48. The van der Waals surface area contributed by atoms with Crippen LogP contribution in [0, 0.1) is 16.7 Å². The van der Waals surface area contributed by atoms with Gasteiger partial charge in [-0.1, -0.05) is 48.1 Å². The van der Waals surface area contributed by atoms with Crippen LogP contribution in [0.5, 0.6) is 0 Å². The van der Waals surface area contributed by atoms with Crippen molar-refractivity contribution in [3.63, 3.8) is 0 Å². The Kier molecular flexibility index (Phi) is 6.72. The molecule has 0 radical (unpaired) electrons. The number of hydrogen-bond acceptors (Lipinski definition) is 3. The van der Waals surface area contributed by atoms with Crippen molar-refractivity contribution in [3.8, 4) is 6.07 Å². The van der Waals surface area contributed by atoms with Crippen LogP contribution in [-0.4, -0.2) is 37.6 Å². The van der Waals surface area contributed by atoms with Crippen LogP contribution in [-0.2, 0) is 0 Å². The summed E-state index contributed by atoms with van der Waals surface area (Å²) in [7, 11) is 2.16. The Bertz CT molecular complexity index is 1060. The Hall–Kier alpha value is -3.36. The quantitative estimate of drug-likeness (QED) is 0.691. The largest absolute Gasteiger partial charge is 0.337 e. The SMILES string of the molecule is CN1CCC(CNC(=O)Nc2ccccc2)(C2=CC=C(c3cccc(C#N)c3)CC2)CC1. The second kappa shape index (κ2) is 9.84. The van der Waals surface area contributed by atoms with Gasteiger partial charge < -0.3 is 15.5 Å². The first kappa shape index (κ1) is 21.9. The first-order chi connectivity index (χ1) is 15.6. The topological polar surface area (TPSA) is 68.2 Å². The number of hydrogen-bond donors (Lipinski definition) is 2. The Balaban J connectivity index is 1.50. The first-order valence-corrected chi connectivity index (χ1v) is 11.3. The number of likely N-dealkylation sites (tertiary alicyclic amines) is 1. The molecule has 2 aromatic carbocycles. The highest BCUT2D eigenvalue weighted by Gasteiger charge is 2.37. The van der Waals surface area contributed by atoms with Crippen LogP contribution < -0.4 is 10.6 Å². The van der Waals surface area contributed by atoms with Crippen LogP contribution in [0.1, 0.15) is 36.8 Å². The number of benzene rings is 2. The fraction of sp³-hybridized carbons (Fsp3) is 0.333. The van der Waals surface area contributed by atoms with E-state index in [1.165, 1.54) is 11.1 Å². The van der Waals surface area contributed by atoms with Gasteiger partial charge in [0.1, 0.15) is 0 Å². The molecule has 2 aliphatic rings. The van der Waals surface area contributed by atoms with Crippen molar-refractivity contribution in [1.82, 2.24) is 10.2 Å². The third-order valence-electron chi connectivity index (χ3n) is 6.76. The van der Waals surface area contributed by atoms with Gasteiger partial charge in [-0.2, -0.15) is 5.26 Å². The Labute approximate surface area is 190 Å². The maximum Gasteiger partial charge on any atom is 0.319 e. The number of allylic oxidation sites excluding steroid dienone is 3. The highest BCUT2D eigenvalue weighted by molar-refractivity contribution is 5.89. The number of rotatable bonds is 5. The van der Waals surface area contributed by atoms with Gasteiger partial charge in [0.25, 0.3) is 0 Å². The zero-order valence-corrected chi connectivity index (χ0v) is 18.6. The summed E-state index contributed by atoms with van der Waals surface area (Å²) in [5, 5.41) is 15.3. The molecule has 2 amide bonds. The molecule has 32 heavy (non-hydrogen) atoms. The summed E-state index contributed by atoms with van der Waals surface area (Å²) >= 11 is 0. The molecular weight excluding hydrogens is 396 g/mol. The van der Waals surface area contributed by atoms with Gasteiger partial charge >= 0.3 is 6.03 Å². The second-order valence-electron chi connectivity index (χ2n) is 8.83. The summed E-state index contributed by atoms with van der Waals surface area (Å²) in [5.41, 5.74) is 5.29. The van der Waals surface area contributed by atoms with Crippen LogP contribution in [0.25, 0.3) is 5.57 Å². The molecule has 0 bridgehead atoms. The summed E-state index contributed by atoms with van der Waals surface area (Å²) in [5.74, 6) is 0. The van der Waals surface area contributed by atoms with Crippen LogP contribution >= 0.6 is 0 Å². The second-order valence-corrected chi connectivity index (χ2v) is 8.83. The molecule has 1 aliphatic carbocycles. The number of nitrogens with zero attached hydrogens (tertiary/aromatic N) is 2. The smallest absolute Gasteiger partial charge is 0.319 e. The van der Waals surface area contributed by atoms with Crippen molar-refractivity contribution in [2.75, 3.05) is 32.0 Å². The minimum atomic E-state index is -0.157. The number of carbonyl (C=O) groups excluding carboxylic acids is 1. The lowest BCUT2D eigenvalue weighted by Crippen LogP contribution is -2.47. The van der Waals surface area contributed by atoms with Gasteiger partial charge in [0.15, 0.2) is 0 Å². The molecule has 2 N–H and O–H groups in total. The highest BCUT2D eigenvalue weighted by atomic mass is 16.2. The van der Waals surface area contributed by atoms with E-state index in [2.05, 4.69) is 46.9 Å². The minimum Gasteiger partial charge on any atom is -0.337 e. The normalized spacial score (nSPS) is 18.1. The number of anilines is 1. The standard InChI is InChI=1S/C27H30N4O/c1-31-16-14-27(15-17-31,20-29-26(32)30-25-8-3-2-4-9-25)24-12-10-22(11-13-24)23-7-5-6-21(18-23)19-28/h2-10,12,18H,11,13-17,20H2,1H3,(H2,29,30,32). The molecule has 0 aromatic heterocycles. The number of nitrogens with one attached hydrogen (secondary N) is 2.